The quantitative estimate of drug-likeness (QED) is 0.0721. The summed E-state index contributed by atoms with van der Waals surface area (Å²) < 4.78 is 13.6. The van der Waals surface area contributed by atoms with Gasteiger partial charge in [0.1, 0.15) is 11.5 Å². The van der Waals surface area contributed by atoms with E-state index in [9.17, 15) is 14.4 Å². The van der Waals surface area contributed by atoms with Crippen molar-refractivity contribution in [2.24, 2.45) is 5.41 Å². The lowest BCUT2D eigenvalue weighted by atomic mass is 9.40. The normalized spacial score (nSPS) is 22.8. The molecule has 9 nitrogen and oxygen atoms in total. The Bertz CT molecular complexity index is 3740. The van der Waals surface area contributed by atoms with Crippen molar-refractivity contribution >= 4 is 63.1 Å². The molecule has 0 radical (unpaired) electrons. The van der Waals surface area contributed by atoms with Crippen molar-refractivity contribution in [1.29, 1.82) is 0 Å². The summed E-state index contributed by atoms with van der Waals surface area (Å²) in [7, 11) is 0. The molecule has 1 heterocycles. The second kappa shape index (κ2) is 12.1. The molecule has 1 aliphatic heterocycles. The van der Waals surface area contributed by atoms with Crippen LogP contribution in [0.5, 0.6) is 0 Å². The molecule has 2 bridgehead atoms. The van der Waals surface area contributed by atoms with Crippen LogP contribution in [0, 0.1) is 5.41 Å². The first-order valence-corrected chi connectivity index (χ1v) is 22.0. The highest BCUT2D eigenvalue weighted by Gasteiger charge is 2.88. The van der Waals surface area contributed by atoms with Gasteiger partial charge in [-0.05, 0) is 45.9 Å². The number of rotatable bonds is 2. The molecule has 3 spiro atoms. The fourth-order valence-corrected chi connectivity index (χ4v) is 13.3. The Morgan fingerprint density at radius 3 is 1.42 bits per heavy atom. The monoisotopic (exact) mass is 870 g/mol. The van der Waals surface area contributed by atoms with E-state index in [4.69, 9.17) is 9.47 Å². The van der Waals surface area contributed by atoms with Gasteiger partial charge in [0.2, 0.25) is 0 Å². The summed E-state index contributed by atoms with van der Waals surface area (Å²) >= 11 is 0. The van der Waals surface area contributed by atoms with Gasteiger partial charge in [0.15, 0.2) is 45.7 Å². The number of carbonyl (C=O) groups excluding carboxylic acids is 7. The fourth-order valence-electron chi connectivity index (χ4n) is 13.3. The van der Waals surface area contributed by atoms with Gasteiger partial charge >= 0.3 is 5.97 Å². The Labute approximate surface area is 381 Å². The summed E-state index contributed by atoms with van der Waals surface area (Å²) in [5, 5.41) is 0. The molecule has 0 aromatic heterocycles. The predicted octanol–water partition coefficient (Wildman–Crippen LogP) is 9.64. The molecule has 67 heavy (non-hydrogen) atoms. The van der Waals surface area contributed by atoms with Crippen LogP contribution in [0.2, 0.25) is 0 Å². The van der Waals surface area contributed by atoms with Gasteiger partial charge in [0.05, 0.1) is 22.1 Å². The highest BCUT2D eigenvalue weighted by molar-refractivity contribution is 6.45. The zero-order valence-electron chi connectivity index (χ0n) is 35.5. The van der Waals surface area contributed by atoms with Crippen LogP contribution in [-0.4, -0.2) is 40.7 Å². The van der Waals surface area contributed by atoms with Gasteiger partial charge < -0.3 is 9.47 Å². The van der Waals surface area contributed by atoms with Gasteiger partial charge in [-0.15, -0.1) is 0 Å². The van der Waals surface area contributed by atoms with E-state index in [-0.39, 0.29) is 83.9 Å². The Hall–Kier alpha value is -8.69. The van der Waals surface area contributed by atoms with Gasteiger partial charge in [0, 0.05) is 62.6 Å². The summed E-state index contributed by atoms with van der Waals surface area (Å²) in [6.07, 6.45) is 0. The number of fused-ring (bicyclic) bond motifs is 8. The molecule has 7 aliphatic carbocycles. The molecular weight excluding hydrogens is 841 g/mol. The molecule has 0 saturated carbocycles. The molecule has 6 aromatic carbocycles. The van der Waals surface area contributed by atoms with Crippen LogP contribution < -0.4 is 0 Å². The van der Waals surface area contributed by atoms with Crippen LogP contribution in [0.1, 0.15) is 109 Å². The maximum atomic E-state index is 16.6. The van der Waals surface area contributed by atoms with Crippen LogP contribution in [0.4, 0.5) is 0 Å². The van der Waals surface area contributed by atoms with Crippen molar-refractivity contribution in [1.82, 2.24) is 0 Å². The number of Topliss-reactive ketones (excluding diaryl/α,β-unsaturated/α-hetero) is 6. The third-order valence-electron chi connectivity index (χ3n) is 15.3. The van der Waals surface area contributed by atoms with E-state index in [1.807, 2.05) is 18.2 Å². The lowest BCUT2D eigenvalue weighted by Crippen LogP contribution is -2.70. The summed E-state index contributed by atoms with van der Waals surface area (Å²) in [6, 6.07) is 41.2. The van der Waals surface area contributed by atoms with Crippen LogP contribution in [0.25, 0.3) is 22.5 Å². The van der Waals surface area contributed by atoms with Crippen LogP contribution >= 0.6 is 0 Å². The second-order valence-electron chi connectivity index (χ2n) is 18.0. The van der Waals surface area contributed by atoms with Crippen molar-refractivity contribution in [3.05, 3.63) is 246 Å². The molecule has 6 aromatic rings. The number of ketones is 6. The number of hydrogen-bond donors (Lipinski definition) is 0. The number of allylic oxidation sites excluding steroid dienone is 8. The first kappa shape index (κ1) is 37.7. The molecule has 2 atom stereocenters. The number of esters is 1. The zero-order valence-corrected chi connectivity index (χ0v) is 35.5. The van der Waals surface area contributed by atoms with E-state index in [2.05, 4.69) is 0 Å². The molecule has 0 saturated heterocycles. The summed E-state index contributed by atoms with van der Waals surface area (Å²) in [6.45, 7) is 2.90. The topological polar surface area (TPSA) is 138 Å². The minimum absolute atomic E-state index is 0.0216. The Balaban J connectivity index is 1.28. The number of ether oxygens (including phenoxy) is 2. The van der Waals surface area contributed by atoms with Crippen LogP contribution in [-0.2, 0) is 25.3 Å². The van der Waals surface area contributed by atoms with E-state index in [0.717, 1.165) is 0 Å². The van der Waals surface area contributed by atoms with E-state index in [0.29, 0.717) is 39.0 Å². The summed E-state index contributed by atoms with van der Waals surface area (Å²) in [5.74, 6) is -3.85. The highest BCUT2D eigenvalue weighted by Crippen LogP contribution is 2.81. The van der Waals surface area contributed by atoms with E-state index in [1.54, 1.807) is 134 Å². The predicted molar refractivity (Wildman–Crippen MR) is 244 cm³/mol. The third kappa shape index (κ3) is 3.82. The molecule has 8 aliphatic rings. The van der Waals surface area contributed by atoms with Crippen molar-refractivity contribution in [3.63, 3.8) is 0 Å². The molecule has 0 unspecified atom stereocenters. The number of hydrogen-bond acceptors (Lipinski definition) is 9. The first-order chi connectivity index (χ1) is 32.5. The van der Waals surface area contributed by atoms with Crippen molar-refractivity contribution in [2.75, 3.05) is 0 Å². The maximum absolute atomic E-state index is 16.6. The molecule has 316 valence electrons. The number of carbonyl (C=O) groups is 7. The fraction of sp³-hybridized carbons (Fsp3) is 0.0862. The minimum Gasteiger partial charge on any atom is -0.480 e. The molecule has 0 amide bonds. The van der Waals surface area contributed by atoms with Gasteiger partial charge in [-0.25, -0.2) is 0 Å². The van der Waals surface area contributed by atoms with Crippen LogP contribution in [0.15, 0.2) is 179 Å². The van der Waals surface area contributed by atoms with Crippen LogP contribution in [0.3, 0.4) is 0 Å². The minimum atomic E-state index is -2.43. The van der Waals surface area contributed by atoms with Gasteiger partial charge in [-0.2, -0.15) is 0 Å². The average Bonchev–Trinajstić information content (AvgIpc) is 4.10. The van der Waals surface area contributed by atoms with Gasteiger partial charge in [-0.1, -0.05) is 146 Å². The molecular formula is C58H30O9. The lowest BCUT2D eigenvalue weighted by Gasteiger charge is -2.61. The number of benzene rings is 6. The van der Waals surface area contributed by atoms with Gasteiger partial charge in [-0.3, -0.25) is 33.6 Å². The highest BCUT2D eigenvalue weighted by atomic mass is 16.5. The Kier molecular flexibility index (Phi) is 6.83. The molecule has 0 fully saturated rings. The smallest absolute Gasteiger partial charge is 0.308 e. The molecule has 0 N–H and O–H groups in total. The Morgan fingerprint density at radius 1 is 0.418 bits per heavy atom. The third-order valence-corrected chi connectivity index (χ3v) is 15.3. The van der Waals surface area contributed by atoms with Crippen molar-refractivity contribution < 1.29 is 43.0 Å². The average molecular weight is 871 g/mol. The standard InChI is InChI=1S/C58H30O9/c1-27-46-51(62)37-23-11-13-25-39(37)56(46)47-42(44-41(31-17-5-8-20-34(31)53(44)66-28(2)59)45-49(60)32-18-6-7-19-33(32)50(45)61)29-15-3-4-16-30(29)43(47)48-52(63)38-24-12-14-26-40(38)58(48,67-27)57(56)54(64)35-21-9-10-22-36(35)55(57)65/h3-26H,1-2H3/t56-,58+/m1/s1. The van der Waals surface area contributed by atoms with E-state index < -0.39 is 57.1 Å². The largest absolute Gasteiger partial charge is 0.480 e. The summed E-state index contributed by atoms with van der Waals surface area (Å²) in [4.78, 5) is 108. The van der Waals surface area contributed by atoms with Gasteiger partial charge in [0.25, 0.3) is 0 Å². The van der Waals surface area contributed by atoms with Crippen molar-refractivity contribution in [2.45, 2.75) is 24.9 Å². The Morgan fingerprint density at radius 2 is 0.851 bits per heavy atom. The van der Waals surface area contributed by atoms with Crippen molar-refractivity contribution in [3.8, 4) is 0 Å². The second-order valence-corrected chi connectivity index (χ2v) is 18.0. The lowest BCUT2D eigenvalue weighted by molar-refractivity contribution is -0.134. The summed E-state index contributed by atoms with van der Waals surface area (Å²) in [5.41, 5.74) is -1.91. The molecule has 9 heteroatoms. The first-order valence-electron chi connectivity index (χ1n) is 22.0. The van der Waals surface area contributed by atoms with E-state index in [1.165, 1.54) is 6.92 Å². The van der Waals surface area contributed by atoms with E-state index >= 15 is 19.2 Å². The zero-order chi connectivity index (χ0) is 45.6. The SMILES string of the molecule is CC(=O)OC1=C(C2=C3C(=C4C(=O)c5ccccc5[C@]45OC(C)=C4C(=O)c6ccccc6[C@@]43C53C(=O)c4ccccc4C3=O)c3ccccc32)C(=C2C(=O)c3ccccc3C2=O)c2ccccc21. The molecule has 14 rings (SSSR count). The maximum Gasteiger partial charge on any atom is 0.308 e.